The van der Waals surface area contributed by atoms with Gasteiger partial charge in [-0.3, -0.25) is 4.79 Å². The molecule has 1 aromatic rings. The van der Waals surface area contributed by atoms with E-state index >= 15 is 0 Å². The van der Waals surface area contributed by atoms with Gasteiger partial charge in [-0.25, -0.2) is 4.39 Å². The minimum absolute atomic E-state index is 0.0854. The second-order valence-corrected chi connectivity index (χ2v) is 5.38. The maximum Gasteiger partial charge on any atom is 0.254 e. The molecule has 0 bridgehead atoms. The van der Waals surface area contributed by atoms with Gasteiger partial charge in [-0.15, -0.1) is 0 Å². The van der Waals surface area contributed by atoms with E-state index in [1.54, 1.807) is 12.1 Å². The molecule has 0 aliphatic carbocycles. The average molecular weight is 294 g/mol. The Morgan fingerprint density at radius 1 is 1.52 bits per heavy atom. The molecule has 1 amide bonds. The highest BCUT2D eigenvalue weighted by atomic mass is 19.1. The molecule has 0 saturated carbocycles. The lowest BCUT2D eigenvalue weighted by Crippen LogP contribution is -2.53. The first-order valence-electron chi connectivity index (χ1n) is 7.46. The van der Waals surface area contributed by atoms with Crippen LogP contribution >= 0.6 is 0 Å². The lowest BCUT2D eigenvalue weighted by Gasteiger charge is -2.36. The van der Waals surface area contributed by atoms with E-state index < -0.39 is 0 Å². The topological polar surface area (TPSA) is 41.6 Å². The predicted molar refractivity (Wildman–Crippen MR) is 79.7 cm³/mol. The summed E-state index contributed by atoms with van der Waals surface area (Å²) >= 11 is 0. The van der Waals surface area contributed by atoms with E-state index in [1.165, 1.54) is 13.2 Å². The highest BCUT2D eigenvalue weighted by molar-refractivity contribution is 5.94. The molecular formula is C16H23FN2O2. The van der Waals surface area contributed by atoms with E-state index in [9.17, 15) is 9.18 Å². The molecule has 1 fully saturated rings. The fourth-order valence-electron chi connectivity index (χ4n) is 2.74. The number of nitrogens with zero attached hydrogens (tertiary/aromatic N) is 1. The number of halogens is 1. The SMILES string of the molecule is CCCC1CNCCN1C(=O)c1ccc(COC)c(F)c1. The van der Waals surface area contributed by atoms with Gasteiger partial charge in [0.15, 0.2) is 0 Å². The standard InChI is InChI=1S/C16H23FN2O2/c1-3-4-14-10-18-7-8-19(14)16(20)12-5-6-13(11-21-2)15(17)9-12/h5-6,9,14,18H,3-4,7-8,10-11H2,1-2H3. The smallest absolute Gasteiger partial charge is 0.254 e. The lowest BCUT2D eigenvalue weighted by atomic mass is 10.0. The second kappa shape index (κ2) is 7.52. The predicted octanol–water partition coefficient (Wildman–Crippen LogP) is 2.19. The van der Waals surface area contributed by atoms with Crippen LogP contribution in [-0.2, 0) is 11.3 Å². The molecule has 116 valence electrons. The fourth-order valence-corrected chi connectivity index (χ4v) is 2.74. The maximum absolute atomic E-state index is 13.9. The number of carbonyl (C=O) groups excluding carboxylic acids is 1. The van der Waals surface area contributed by atoms with Gasteiger partial charge in [-0.2, -0.15) is 0 Å². The average Bonchev–Trinajstić information content (AvgIpc) is 2.50. The Balaban J connectivity index is 2.16. The number of nitrogens with one attached hydrogen (secondary N) is 1. The normalized spacial score (nSPS) is 18.8. The summed E-state index contributed by atoms with van der Waals surface area (Å²) in [6.45, 7) is 4.59. The van der Waals surface area contributed by atoms with Crippen molar-refractivity contribution in [3.05, 3.63) is 35.1 Å². The Hall–Kier alpha value is -1.46. The third-order valence-corrected chi connectivity index (χ3v) is 3.83. The highest BCUT2D eigenvalue weighted by Crippen LogP contribution is 2.17. The summed E-state index contributed by atoms with van der Waals surface area (Å²) in [7, 11) is 1.52. The van der Waals surface area contributed by atoms with Crippen molar-refractivity contribution < 1.29 is 13.9 Å². The molecule has 1 heterocycles. The van der Waals surface area contributed by atoms with Gasteiger partial charge in [0.1, 0.15) is 5.82 Å². The van der Waals surface area contributed by atoms with Crippen LogP contribution in [0.25, 0.3) is 0 Å². The highest BCUT2D eigenvalue weighted by Gasteiger charge is 2.27. The second-order valence-electron chi connectivity index (χ2n) is 5.38. The molecule has 5 heteroatoms. The quantitative estimate of drug-likeness (QED) is 0.905. The molecule has 2 rings (SSSR count). The molecule has 1 aromatic carbocycles. The first-order valence-corrected chi connectivity index (χ1v) is 7.46. The third-order valence-electron chi connectivity index (χ3n) is 3.83. The summed E-state index contributed by atoms with van der Waals surface area (Å²) in [6.07, 6.45) is 1.99. The number of hydrogen-bond donors (Lipinski definition) is 1. The zero-order chi connectivity index (χ0) is 15.2. The van der Waals surface area contributed by atoms with Crippen LogP contribution < -0.4 is 5.32 Å². The number of rotatable bonds is 5. The van der Waals surface area contributed by atoms with Crippen molar-refractivity contribution in [2.24, 2.45) is 0 Å². The van der Waals surface area contributed by atoms with E-state index in [4.69, 9.17) is 4.74 Å². The van der Waals surface area contributed by atoms with Gasteiger partial charge in [0.2, 0.25) is 0 Å². The lowest BCUT2D eigenvalue weighted by molar-refractivity contribution is 0.0624. The first-order chi connectivity index (χ1) is 10.2. The van der Waals surface area contributed by atoms with Crippen molar-refractivity contribution in [2.45, 2.75) is 32.4 Å². The van der Waals surface area contributed by atoms with Crippen molar-refractivity contribution in [1.82, 2.24) is 10.2 Å². The molecule has 0 radical (unpaired) electrons. The van der Waals surface area contributed by atoms with Crippen LogP contribution in [0.2, 0.25) is 0 Å². The van der Waals surface area contributed by atoms with Gasteiger partial charge in [-0.1, -0.05) is 19.4 Å². The largest absolute Gasteiger partial charge is 0.380 e. The van der Waals surface area contributed by atoms with Crippen molar-refractivity contribution in [3.63, 3.8) is 0 Å². The molecule has 1 N–H and O–H groups in total. The summed E-state index contributed by atoms with van der Waals surface area (Å²) in [5, 5.41) is 3.31. The van der Waals surface area contributed by atoms with Gasteiger partial charge in [0.25, 0.3) is 5.91 Å². The summed E-state index contributed by atoms with van der Waals surface area (Å²) in [5.41, 5.74) is 0.884. The van der Waals surface area contributed by atoms with Crippen molar-refractivity contribution in [3.8, 4) is 0 Å². The van der Waals surface area contributed by atoms with Crippen molar-refractivity contribution in [1.29, 1.82) is 0 Å². The maximum atomic E-state index is 13.9. The molecule has 1 aliphatic heterocycles. The molecular weight excluding hydrogens is 271 g/mol. The van der Waals surface area contributed by atoms with Crippen LogP contribution in [0.4, 0.5) is 4.39 Å². The van der Waals surface area contributed by atoms with E-state index in [1.807, 2.05) is 4.90 Å². The fraction of sp³-hybridized carbons (Fsp3) is 0.562. The third kappa shape index (κ3) is 3.80. The number of benzene rings is 1. The minimum atomic E-state index is -0.384. The molecule has 4 nitrogen and oxygen atoms in total. The van der Waals surface area contributed by atoms with Gasteiger partial charge in [0, 0.05) is 43.9 Å². The van der Waals surface area contributed by atoms with E-state index in [-0.39, 0.29) is 24.4 Å². The number of piperazine rings is 1. The number of carbonyl (C=O) groups is 1. The number of hydrogen-bond acceptors (Lipinski definition) is 3. The summed E-state index contributed by atoms with van der Waals surface area (Å²) in [4.78, 5) is 14.5. The van der Waals surface area contributed by atoms with E-state index in [2.05, 4.69) is 12.2 Å². The zero-order valence-corrected chi connectivity index (χ0v) is 12.7. The molecule has 21 heavy (non-hydrogen) atoms. The van der Waals surface area contributed by atoms with Crippen LogP contribution in [0.3, 0.4) is 0 Å². The number of ether oxygens (including phenoxy) is 1. The van der Waals surface area contributed by atoms with Crippen LogP contribution in [0.5, 0.6) is 0 Å². The molecule has 1 unspecified atom stereocenters. The van der Waals surface area contributed by atoms with Crippen LogP contribution in [-0.4, -0.2) is 43.6 Å². The Labute approximate surface area is 125 Å². The van der Waals surface area contributed by atoms with Gasteiger partial charge in [0.05, 0.1) is 6.61 Å². The van der Waals surface area contributed by atoms with Crippen molar-refractivity contribution >= 4 is 5.91 Å². The Morgan fingerprint density at radius 2 is 2.33 bits per heavy atom. The Kier molecular flexibility index (Phi) is 5.70. The first kappa shape index (κ1) is 15.9. The van der Waals surface area contributed by atoms with Crippen LogP contribution in [0.1, 0.15) is 35.7 Å². The molecule has 1 aliphatic rings. The van der Waals surface area contributed by atoms with Gasteiger partial charge >= 0.3 is 0 Å². The van der Waals surface area contributed by atoms with Gasteiger partial charge in [-0.05, 0) is 18.6 Å². The van der Waals surface area contributed by atoms with Gasteiger partial charge < -0.3 is 15.0 Å². The van der Waals surface area contributed by atoms with E-state index in [0.717, 1.165) is 25.9 Å². The molecule has 1 saturated heterocycles. The minimum Gasteiger partial charge on any atom is -0.380 e. The van der Waals surface area contributed by atoms with Crippen molar-refractivity contribution in [2.75, 3.05) is 26.7 Å². The van der Waals surface area contributed by atoms with E-state index in [0.29, 0.717) is 17.7 Å². The van der Waals surface area contributed by atoms with Crippen LogP contribution in [0, 0.1) is 5.82 Å². The summed E-state index contributed by atoms with van der Waals surface area (Å²) in [6, 6.07) is 4.83. The Bertz CT molecular complexity index is 491. The van der Waals surface area contributed by atoms with Crippen LogP contribution in [0.15, 0.2) is 18.2 Å². The molecule has 1 atom stereocenters. The monoisotopic (exact) mass is 294 g/mol. The molecule has 0 spiro atoms. The zero-order valence-electron chi connectivity index (χ0n) is 12.7. The number of methoxy groups -OCH3 is 1. The number of amides is 1. The summed E-state index contributed by atoms with van der Waals surface area (Å²) < 4.78 is 18.9. The Morgan fingerprint density at radius 3 is 3.00 bits per heavy atom. The summed E-state index contributed by atoms with van der Waals surface area (Å²) in [5.74, 6) is -0.470. The molecule has 0 aromatic heterocycles.